The highest BCUT2D eigenvalue weighted by atomic mass is 19.1. The van der Waals surface area contributed by atoms with E-state index < -0.39 is 5.91 Å². The van der Waals surface area contributed by atoms with Gasteiger partial charge in [0.05, 0.1) is 13.1 Å². The Morgan fingerprint density at radius 3 is 2.38 bits per heavy atom. The van der Waals surface area contributed by atoms with E-state index >= 15 is 0 Å². The molecule has 0 atom stereocenters. The Bertz CT molecular complexity index is 474. The first-order valence-electron chi connectivity index (χ1n) is 6.92. The van der Waals surface area contributed by atoms with Crippen molar-refractivity contribution in [3.63, 3.8) is 0 Å². The number of primary amides is 1. The molecule has 1 rings (SSSR count). The molecule has 0 fully saturated rings. The first-order valence-corrected chi connectivity index (χ1v) is 6.92. The zero-order valence-corrected chi connectivity index (χ0v) is 12.4. The van der Waals surface area contributed by atoms with Crippen LogP contribution in [0.4, 0.5) is 4.39 Å². The van der Waals surface area contributed by atoms with Crippen LogP contribution in [0.5, 0.6) is 0 Å². The molecule has 21 heavy (non-hydrogen) atoms. The molecular formula is C15H22FN3O2. The molecule has 1 aromatic carbocycles. The van der Waals surface area contributed by atoms with E-state index in [4.69, 9.17) is 5.73 Å². The minimum atomic E-state index is -0.456. The lowest BCUT2D eigenvalue weighted by atomic mass is 10.1. The first-order chi connectivity index (χ1) is 9.88. The zero-order valence-electron chi connectivity index (χ0n) is 12.4. The third-order valence-corrected chi connectivity index (χ3v) is 3.09. The molecule has 0 saturated heterocycles. The second kappa shape index (κ2) is 8.36. The second-order valence-electron chi connectivity index (χ2n) is 5.19. The van der Waals surface area contributed by atoms with Crippen LogP contribution < -0.4 is 11.1 Å². The van der Waals surface area contributed by atoms with E-state index in [1.807, 2.05) is 13.8 Å². The van der Waals surface area contributed by atoms with Gasteiger partial charge in [0, 0.05) is 12.6 Å². The molecule has 116 valence electrons. The van der Waals surface area contributed by atoms with Crippen molar-refractivity contribution in [2.45, 2.75) is 26.3 Å². The maximum absolute atomic E-state index is 12.7. The molecule has 0 aromatic heterocycles. The molecule has 3 N–H and O–H groups in total. The lowest BCUT2D eigenvalue weighted by Crippen LogP contribution is -2.45. The highest BCUT2D eigenvalue weighted by Crippen LogP contribution is 2.03. The number of hydrogen-bond acceptors (Lipinski definition) is 3. The molecule has 2 amide bonds. The van der Waals surface area contributed by atoms with Gasteiger partial charge in [0.25, 0.3) is 0 Å². The Labute approximate surface area is 124 Å². The van der Waals surface area contributed by atoms with Crippen molar-refractivity contribution in [2.24, 2.45) is 5.73 Å². The van der Waals surface area contributed by atoms with Gasteiger partial charge in [-0.05, 0) is 38.0 Å². The molecule has 0 aliphatic rings. The SMILES string of the molecule is CC(C)N(CC(N)=O)CC(=O)NCCc1ccc(F)cc1. The fraction of sp³-hybridized carbons (Fsp3) is 0.467. The number of carbonyl (C=O) groups excluding carboxylic acids is 2. The standard InChI is InChI=1S/C15H22FN3O2/c1-11(2)19(9-14(17)20)10-15(21)18-8-7-12-3-5-13(16)6-4-12/h3-6,11H,7-10H2,1-2H3,(H2,17,20)(H,18,21). The first kappa shape index (κ1) is 17.1. The largest absolute Gasteiger partial charge is 0.369 e. The van der Waals surface area contributed by atoms with E-state index in [0.29, 0.717) is 13.0 Å². The van der Waals surface area contributed by atoms with Crippen molar-refractivity contribution in [1.29, 1.82) is 0 Å². The van der Waals surface area contributed by atoms with Gasteiger partial charge in [-0.1, -0.05) is 12.1 Å². The van der Waals surface area contributed by atoms with E-state index in [-0.39, 0.29) is 30.9 Å². The minimum absolute atomic E-state index is 0.0559. The maximum atomic E-state index is 12.7. The summed E-state index contributed by atoms with van der Waals surface area (Å²) in [5.41, 5.74) is 6.11. The zero-order chi connectivity index (χ0) is 15.8. The second-order valence-corrected chi connectivity index (χ2v) is 5.19. The summed E-state index contributed by atoms with van der Waals surface area (Å²) in [5.74, 6) is -0.892. The molecule has 0 spiro atoms. The molecule has 5 nitrogen and oxygen atoms in total. The topological polar surface area (TPSA) is 75.4 Å². The van der Waals surface area contributed by atoms with Gasteiger partial charge in [-0.25, -0.2) is 4.39 Å². The van der Waals surface area contributed by atoms with Crippen LogP contribution in [0, 0.1) is 5.82 Å². The fourth-order valence-electron chi connectivity index (χ4n) is 1.86. The minimum Gasteiger partial charge on any atom is -0.369 e. The van der Waals surface area contributed by atoms with Crippen LogP contribution in [-0.4, -0.2) is 42.4 Å². The summed E-state index contributed by atoms with van der Waals surface area (Å²) in [6, 6.07) is 6.22. The Morgan fingerprint density at radius 1 is 1.24 bits per heavy atom. The Balaban J connectivity index is 2.35. The Kier molecular flexibility index (Phi) is 6.81. The predicted octanol–water partition coefficient (Wildman–Crippen LogP) is 0.680. The molecule has 0 bridgehead atoms. The van der Waals surface area contributed by atoms with Gasteiger partial charge in [-0.3, -0.25) is 14.5 Å². The van der Waals surface area contributed by atoms with E-state index in [9.17, 15) is 14.0 Å². The van der Waals surface area contributed by atoms with Crippen LogP contribution in [0.3, 0.4) is 0 Å². The number of hydrogen-bond donors (Lipinski definition) is 2. The summed E-state index contributed by atoms with van der Waals surface area (Å²) in [6.45, 7) is 4.45. The third-order valence-electron chi connectivity index (χ3n) is 3.09. The van der Waals surface area contributed by atoms with Gasteiger partial charge in [0.1, 0.15) is 5.82 Å². The summed E-state index contributed by atoms with van der Waals surface area (Å²) in [4.78, 5) is 24.5. The van der Waals surface area contributed by atoms with Crippen LogP contribution in [0.2, 0.25) is 0 Å². The van der Waals surface area contributed by atoms with Crippen LogP contribution in [0.1, 0.15) is 19.4 Å². The van der Waals surface area contributed by atoms with Crippen molar-refractivity contribution in [1.82, 2.24) is 10.2 Å². The quantitative estimate of drug-likeness (QED) is 0.740. The Morgan fingerprint density at radius 2 is 1.86 bits per heavy atom. The van der Waals surface area contributed by atoms with E-state index in [2.05, 4.69) is 5.32 Å². The van der Waals surface area contributed by atoms with Crippen molar-refractivity contribution in [3.05, 3.63) is 35.6 Å². The van der Waals surface area contributed by atoms with E-state index in [0.717, 1.165) is 5.56 Å². The number of nitrogens with one attached hydrogen (secondary N) is 1. The average Bonchev–Trinajstić information content (AvgIpc) is 2.39. The summed E-state index contributed by atoms with van der Waals surface area (Å²) in [6.07, 6.45) is 0.628. The molecule has 0 aliphatic heterocycles. The van der Waals surface area contributed by atoms with Crippen molar-refractivity contribution in [3.8, 4) is 0 Å². The maximum Gasteiger partial charge on any atom is 0.234 e. The number of nitrogens with two attached hydrogens (primary N) is 1. The van der Waals surface area contributed by atoms with Gasteiger partial charge < -0.3 is 11.1 Å². The summed E-state index contributed by atoms with van der Waals surface area (Å²) < 4.78 is 12.7. The summed E-state index contributed by atoms with van der Waals surface area (Å²) >= 11 is 0. The molecule has 0 aliphatic carbocycles. The van der Waals surface area contributed by atoms with Gasteiger partial charge in [0.15, 0.2) is 0 Å². The molecule has 1 aromatic rings. The molecule has 0 unspecified atom stereocenters. The predicted molar refractivity (Wildman–Crippen MR) is 79.0 cm³/mol. The van der Waals surface area contributed by atoms with Crippen molar-refractivity contribution >= 4 is 11.8 Å². The number of carbonyl (C=O) groups is 2. The van der Waals surface area contributed by atoms with Crippen LogP contribution >= 0.6 is 0 Å². The molecular weight excluding hydrogens is 273 g/mol. The van der Waals surface area contributed by atoms with E-state index in [1.54, 1.807) is 17.0 Å². The number of benzene rings is 1. The van der Waals surface area contributed by atoms with Gasteiger partial charge in [-0.15, -0.1) is 0 Å². The number of nitrogens with zero attached hydrogens (tertiary/aromatic N) is 1. The Hall–Kier alpha value is -1.95. The van der Waals surface area contributed by atoms with Crippen LogP contribution in [-0.2, 0) is 16.0 Å². The molecule has 0 heterocycles. The molecule has 0 radical (unpaired) electrons. The van der Waals surface area contributed by atoms with Crippen molar-refractivity contribution < 1.29 is 14.0 Å². The lowest BCUT2D eigenvalue weighted by Gasteiger charge is -2.24. The fourth-order valence-corrected chi connectivity index (χ4v) is 1.86. The van der Waals surface area contributed by atoms with Crippen LogP contribution in [0.15, 0.2) is 24.3 Å². The third kappa shape index (κ3) is 6.85. The normalized spacial score (nSPS) is 10.9. The van der Waals surface area contributed by atoms with Gasteiger partial charge in [0.2, 0.25) is 11.8 Å². The highest BCUT2D eigenvalue weighted by Gasteiger charge is 2.15. The lowest BCUT2D eigenvalue weighted by molar-refractivity contribution is -0.124. The summed E-state index contributed by atoms with van der Waals surface area (Å²) in [7, 11) is 0. The monoisotopic (exact) mass is 295 g/mol. The number of halogens is 1. The van der Waals surface area contributed by atoms with Gasteiger partial charge in [-0.2, -0.15) is 0 Å². The highest BCUT2D eigenvalue weighted by molar-refractivity contribution is 5.80. The average molecular weight is 295 g/mol. The smallest absolute Gasteiger partial charge is 0.234 e. The molecule has 0 saturated carbocycles. The van der Waals surface area contributed by atoms with Gasteiger partial charge >= 0.3 is 0 Å². The van der Waals surface area contributed by atoms with E-state index in [1.165, 1.54) is 12.1 Å². The van der Waals surface area contributed by atoms with Crippen LogP contribution in [0.25, 0.3) is 0 Å². The summed E-state index contributed by atoms with van der Waals surface area (Å²) in [5, 5.41) is 2.78. The number of amides is 2. The van der Waals surface area contributed by atoms with Crippen molar-refractivity contribution in [2.75, 3.05) is 19.6 Å². The molecule has 6 heteroatoms. The number of rotatable bonds is 8.